The summed E-state index contributed by atoms with van der Waals surface area (Å²) in [7, 11) is 0. The number of amides is 1. The summed E-state index contributed by atoms with van der Waals surface area (Å²) < 4.78 is 1.87. The summed E-state index contributed by atoms with van der Waals surface area (Å²) >= 11 is 5.63. The van der Waals surface area contributed by atoms with Gasteiger partial charge in [-0.2, -0.15) is 0 Å². The SMILES string of the molecule is NCC1(NC(=O)c2cc(I)ccc2Br)CCCC1. The van der Waals surface area contributed by atoms with Crippen molar-refractivity contribution in [1.29, 1.82) is 0 Å². The summed E-state index contributed by atoms with van der Waals surface area (Å²) in [5.74, 6) is -0.0345. The molecule has 0 aliphatic heterocycles. The molecular weight excluding hydrogens is 407 g/mol. The molecule has 1 aliphatic carbocycles. The topological polar surface area (TPSA) is 55.1 Å². The Kier molecular flexibility index (Phi) is 4.66. The maximum atomic E-state index is 12.3. The molecule has 1 aromatic carbocycles. The normalized spacial score (nSPS) is 17.7. The van der Waals surface area contributed by atoms with E-state index >= 15 is 0 Å². The van der Waals surface area contributed by atoms with Crippen molar-refractivity contribution in [3.8, 4) is 0 Å². The van der Waals surface area contributed by atoms with Crippen LogP contribution < -0.4 is 11.1 Å². The predicted molar refractivity (Wildman–Crippen MR) is 84.6 cm³/mol. The minimum atomic E-state index is -0.197. The zero-order chi connectivity index (χ0) is 13.2. The highest BCUT2D eigenvalue weighted by Gasteiger charge is 2.34. The summed E-state index contributed by atoms with van der Waals surface area (Å²) in [6, 6.07) is 5.76. The van der Waals surface area contributed by atoms with Crippen LogP contribution in [0.1, 0.15) is 36.0 Å². The first-order valence-corrected chi connectivity index (χ1v) is 7.91. The molecule has 0 saturated heterocycles. The monoisotopic (exact) mass is 422 g/mol. The molecule has 0 atom stereocenters. The molecule has 1 saturated carbocycles. The number of hydrogen-bond acceptors (Lipinski definition) is 2. The van der Waals surface area contributed by atoms with Crippen LogP contribution in [0.15, 0.2) is 22.7 Å². The van der Waals surface area contributed by atoms with Gasteiger partial charge in [-0.05, 0) is 69.6 Å². The fourth-order valence-corrected chi connectivity index (χ4v) is 3.33. The van der Waals surface area contributed by atoms with Crippen molar-refractivity contribution in [3.63, 3.8) is 0 Å². The van der Waals surface area contributed by atoms with Crippen LogP contribution in [-0.2, 0) is 0 Å². The second-order valence-corrected chi connectivity index (χ2v) is 6.87. The van der Waals surface area contributed by atoms with Crippen LogP contribution in [0, 0.1) is 3.57 Å². The van der Waals surface area contributed by atoms with Crippen molar-refractivity contribution in [3.05, 3.63) is 31.8 Å². The molecule has 1 fully saturated rings. The number of benzene rings is 1. The van der Waals surface area contributed by atoms with Gasteiger partial charge in [0.25, 0.3) is 5.91 Å². The smallest absolute Gasteiger partial charge is 0.252 e. The maximum Gasteiger partial charge on any atom is 0.252 e. The number of nitrogens with one attached hydrogen (secondary N) is 1. The van der Waals surface area contributed by atoms with Crippen molar-refractivity contribution in [2.45, 2.75) is 31.2 Å². The lowest BCUT2D eigenvalue weighted by Crippen LogP contribution is -2.51. The number of carbonyl (C=O) groups excluding carboxylic acids is 1. The van der Waals surface area contributed by atoms with Gasteiger partial charge in [0.05, 0.1) is 11.1 Å². The minimum absolute atomic E-state index is 0.0345. The van der Waals surface area contributed by atoms with Crippen LogP contribution in [0.5, 0.6) is 0 Å². The minimum Gasteiger partial charge on any atom is -0.345 e. The van der Waals surface area contributed by atoms with Gasteiger partial charge in [0.2, 0.25) is 0 Å². The van der Waals surface area contributed by atoms with Gasteiger partial charge in [0.1, 0.15) is 0 Å². The van der Waals surface area contributed by atoms with Gasteiger partial charge in [-0.3, -0.25) is 4.79 Å². The Balaban J connectivity index is 2.18. The summed E-state index contributed by atoms with van der Waals surface area (Å²) in [5, 5.41) is 3.13. The number of hydrogen-bond donors (Lipinski definition) is 2. The van der Waals surface area contributed by atoms with Gasteiger partial charge in [0, 0.05) is 14.6 Å². The van der Waals surface area contributed by atoms with Crippen molar-refractivity contribution in [1.82, 2.24) is 5.32 Å². The van der Waals surface area contributed by atoms with E-state index in [1.807, 2.05) is 18.2 Å². The quantitative estimate of drug-likeness (QED) is 0.735. The van der Waals surface area contributed by atoms with Crippen molar-refractivity contribution in [2.75, 3.05) is 6.54 Å². The molecule has 1 aliphatic rings. The molecule has 3 N–H and O–H groups in total. The molecule has 0 aromatic heterocycles. The van der Waals surface area contributed by atoms with Gasteiger partial charge in [-0.1, -0.05) is 12.8 Å². The zero-order valence-corrected chi connectivity index (χ0v) is 13.8. The zero-order valence-electron chi connectivity index (χ0n) is 10.0. The Labute approximate surface area is 129 Å². The lowest BCUT2D eigenvalue weighted by Gasteiger charge is -2.29. The van der Waals surface area contributed by atoms with Gasteiger partial charge >= 0.3 is 0 Å². The summed E-state index contributed by atoms with van der Waals surface area (Å²) in [6.07, 6.45) is 4.25. The second kappa shape index (κ2) is 5.88. The van der Waals surface area contributed by atoms with Crippen molar-refractivity contribution >= 4 is 44.4 Å². The van der Waals surface area contributed by atoms with Crippen LogP contribution >= 0.6 is 38.5 Å². The molecule has 0 radical (unpaired) electrons. The third kappa shape index (κ3) is 3.05. The molecule has 0 heterocycles. The van der Waals surface area contributed by atoms with E-state index in [0.29, 0.717) is 12.1 Å². The van der Waals surface area contributed by atoms with E-state index in [4.69, 9.17) is 5.73 Å². The third-order valence-electron chi connectivity index (χ3n) is 3.50. The highest BCUT2D eigenvalue weighted by Crippen LogP contribution is 2.29. The number of halogens is 2. The molecule has 18 heavy (non-hydrogen) atoms. The van der Waals surface area contributed by atoms with E-state index in [9.17, 15) is 4.79 Å². The van der Waals surface area contributed by atoms with Gasteiger partial charge < -0.3 is 11.1 Å². The molecule has 98 valence electrons. The summed E-state index contributed by atoms with van der Waals surface area (Å²) in [6.45, 7) is 0.514. The van der Waals surface area contributed by atoms with Gasteiger partial charge in [-0.25, -0.2) is 0 Å². The highest BCUT2D eigenvalue weighted by molar-refractivity contribution is 14.1. The second-order valence-electron chi connectivity index (χ2n) is 4.77. The Morgan fingerprint density at radius 1 is 1.44 bits per heavy atom. The molecule has 0 bridgehead atoms. The van der Waals surface area contributed by atoms with Crippen LogP contribution in [0.4, 0.5) is 0 Å². The Bertz CT molecular complexity index is 458. The van der Waals surface area contributed by atoms with Gasteiger partial charge in [0.15, 0.2) is 0 Å². The van der Waals surface area contributed by atoms with Crippen molar-refractivity contribution in [2.24, 2.45) is 5.73 Å². The summed E-state index contributed by atoms with van der Waals surface area (Å²) in [4.78, 5) is 12.3. The lowest BCUT2D eigenvalue weighted by atomic mass is 9.97. The van der Waals surface area contributed by atoms with Crippen LogP contribution in [0.2, 0.25) is 0 Å². The molecule has 1 amide bonds. The molecular formula is C13H16BrIN2O. The molecule has 1 aromatic rings. The first kappa shape index (κ1) is 14.3. The van der Waals surface area contributed by atoms with E-state index in [1.165, 1.54) is 0 Å². The highest BCUT2D eigenvalue weighted by atomic mass is 127. The maximum absolute atomic E-state index is 12.3. The Hall–Kier alpha value is -0.140. The van der Waals surface area contributed by atoms with Crippen LogP contribution in [-0.4, -0.2) is 18.0 Å². The summed E-state index contributed by atoms with van der Waals surface area (Å²) in [5.41, 5.74) is 6.32. The fourth-order valence-electron chi connectivity index (χ4n) is 2.41. The average molecular weight is 423 g/mol. The van der Waals surface area contributed by atoms with E-state index in [0.717, 1.165) is 33.7 Å². The molecule has 0 unspecified atom stereocenters. The lowest BCUT2D eigenvalue weighted by molar-refractivity contribution is 0.0902. The Morgan fingerprint density at radius 2 is 2.11 bits per heavy atom. The fraction of sp³-hybridized carbons (Fsp3) is 0.462. The van der Waals surface area contributed by atoms with E-state index < -0.39 is 0 Å². The standard InChI is InChI=1S/C13H16BrIN2O/c14-11-4-3-9(15)7-10(11)12(18)17-13(8-16)5-1-2-6-13/h3-4,7H,1-2,5-6,8,16H2,(H,17,18). The number of nitrogens with two attached hydrogens (primary N) is 1. The van der Waals surface area contributed by atoms with E-state index in [2.05, 4.69) is 43.8 Å². The number of rotatable bonds is 3. The number of carbonyl (C=O) groups is 1. The first-order valence-electron chi connectivity index (χ1n) is 6.04. The Morgan fingerprint density at radius 3 is 2.72 bits per heavy atom. The van der Waals surface area contributed by atoms with Crippen LogP contribution in [0.25, 0.3) is 0 Å². The van der Waals surface area contributed by atoms with Crippen LogP contribution in [0.3, 0.4) is 0 Å². The average Bonchev–Trinajstić information content (AvgIpc) is 2.81. The predicted octanol–water partition coefficient (Wildman–Crippen LogP) is 3.06. The molecule has 2 rings (SSSR count). The van der Waals surface area contributed by atoms with Gasteiger partial charge in [-0.15, -0.1) is 0 Å². The molecule has 5 heteroatoms. The van der Waals surface area contributed by atoms with Crippen molar-refractivity contribution < 1.29 is 4.79 Å². The van der Waals surface area contributed by atoms with E-state index in [-0.39, 0.29) is 11.4 Å². The molecule has 0 spiro atoms. The third-order valence-corrected chi connectivity index (χ3v) is 4.87. The molecule has 3 nitrogen and oxygen atoms in total. The first-order chi connectivity index (χ1) is 8.56. The van der Waals surface area contributed by atoms with E-state index in [1.54, 1.807) is 0 Å². The largest absolute Gasteiger partial charge is 0.345 e.